The summed E-state index contributed by atoms with van der Waals surface area (Å²) in [7, 11) is 1.64. The van der Waals surface area contributed by atoms with Gasteiger partial charge in [0.15, 0.2) is 0 Å². The maximum absolute atomic E-state index is 12.5. The number of rotatable bonds is 0. The third-order valence-corrected chi connectivity index (χ3v) is 8.66. The fourth-order valence-corrected chi connectivity index (χ4v) is 8.64. The molecule has 1 aromatic rings. The fraction of sp³-hybridized carbons (Fsp3) is 0.867. The second-order valence-electron chi connectivity index (χ2n) is 8.20. The lowest BCUT2D eigenvalue weighted by Crippen LogP contribution is -3.01. The summed E-state index contributed by atoms with van der Waals surface area (Å²) in [5.41, 5.74) is 0.728. The van der Waals surface area contributed by atoms with Crippen molar-refractivity contribution < 1.29 is 0 Å². The molecular formula is C15H17N3O2. The van der Waals surface area contributed by atoms with Gasteiger partial charge in [-0.25, -0.2) is 23.5 Å². The van der Waals surface area contributed by atoms with Gasteiger partial charge < -0.3 is 0 Å². The Hall–Kier alpha value is -1.26. The lowest BCUT2D eigenvalue weighted by atomic mass is 9.04. The molecule has 0 saturated heterocycles. The predicted octanol–water partition coefficient (Wildman–Crippen LogP) is 0.510. The van der Waals surface area contributed by atoms with Gasteiger partial charge in [0.05, 0.1) is 12.1 Å². The minimum atomic E-state index is -0.0641. The molecule has 2 aliphatic heterocycles. The first kappa shape index (κ1) is 9.64. The lowest BCUT2D eigenvalue weighted by Gasteiger charge is -3.02. The van der Waals surface area contributed by atoms with Gasteiger partial charge >= 0.3 is 11.4 Å². The zero-order valence-electron chi connectivity index (χ0n) is 11.5. The summed E-state index contributed by atoms with van der Waals surface area (Å²) in [5, 5.41) is 0. The molecule has 5 heteroatoms. The van der Waals surface area contributed by atoms with Gasteiger partial charge in [0.2, 0.25) is 0 Å². The molecule has 5 nitrogen and oxygen atoms in total. The Kier molecular flexibility index (Phi) is 1.05. The first-order chi connectivity index (χ1) is 9.68. The van der Waals surface area contributed by atoms with E-state index in [2.05, 4.69) is 0 Å². The van der Waals surface area contributed by atoms with Gasteiger partial charge in [0.25, 0.3) is 0 Å². The third kappa shape index (κ3) is 0.482. The molecule has 1 aromatic heterocycles. The maximum Gasteiger partial charge on any atom is 0.347 e. The van der Waals surface area contributed by atoms with E-state index in [4.69, 9.17) is 0 Å². The van der Waals surface area contributed by atoms with Crippen molar-refractivity contribution in [3.63, 3.8) is 0 Å². The quantitative estimate of drug-likeness (QED) is 0.690. The second-order valence-corrected chi connectivity index (χ2v) is 8.20. The first-order valence-corrected chi connectivity index (χ1v) is 8.08. The normalized spacial score (nSPS) is 61.2. The molecule has 2 spiro atoms. The standard InChI is InChI=1S/C15H17N3O2/c1-16-12(19)17-10-6-7-9-8(6)14(10)4-2-3-5-15(9,14)11(7)18(17)13(16)20/h6-11H,2-5H2,1H3/t6-,7-,8-,9+,10+,11+,14+,15-/m0/s1. The van der Waals surface area contributed by atoms with Gasteiger partial charge in [-0.05, 0) is 36.5 Å². The van der Waals surface area contributed by atoms with Gasteiger partial charge in [0, 0.05) is 17.9 Å². The summed E-state index contributed by atoms with van der Waals surface area (Å²) < 4.78 is 5.12. The van der Waals surface area contributed by atoms with Crippen LogP contribution in [0, 0.1) is 34.5 Å². The average Bonchev–Trinajstić information content (AvgIpc) is 2.64. The molecule has 0 unspecified atom stereocenters. The van der Waals surface area contributed by atoms with Crippen molar-refractivity contribution in [2.45, 2.75) is 37.8 Å². The second kappa shape index (κ2) is 2.18. The van der Waals surface area contributed by atoms with Crippen molar-refractivity contribution in [3.8, 4) is 0 Å². The highest BCUT2D eigenvalue weighted by Gasteiger charge is 3.02. The molecule has 8 rings (SSSR count). The molecule has 0 radical (unpaired) electrons. The van der Waals surface area contributed by atoms with E-state index in [0.717, 1.165) is 23.7 Å². The Morgan fingerprint density at radius 1 is 0.900 bits per heavy atom. The Morgan fingerprint density at radius 3 is 1.80 bits per heavy atom. The van der Waals surface area contributed by atoms with Crippen LogP contribution in [0.5, 0.6) is 0 Å². The molecule has 0 aromatic carbocycles. The maximum atomic E-state index is 12.5. The molecule has 5 saturated carbocycles. The van der Waals surface area contributed by atoms with Gasteiger partial charge in [-0.15, -0.1) is 0 Å². The summed E-state index contributed by atoms with van der Waals surface area (Å²) >= 11 is 0. The molecule has 2 bridgehead atoms. The van der Waals surface area contributed by atoms with Gasteiger partial charge in [-0.1, -0.05) is 12.8 Å². The van der Waals surface area contributed by atoms with Crippen molar-refractivity contribution in [2.24, 2.45) is 41.5 Å². The van der Waals surface area contributed by atoms with Crippen LogP contribution < -0.4 is 11.4 Å². The molecular weight excluding hydrogens is 254 g/mol. The largest absolute Gasteiger partial charge is 0.347 e. The van der Waals surface area contributed by atoms with Crippen molar-refractivity contribution in [3.05, 3.63) is 21.0 Å². The van der Waals surface area contributed by atoms with Crippen LogP contribution in [0.25, 0.3) is 0 Å². The molecule has 0 amide bonds. The number of nitrogens with zero attached hydrogens (tertiary/aromatic N) is 3. The van der Waals surface area contributed by atoms with Crippen LogP contribution in [0.3, 0.4) is 0 Å². The van der Waals surface area contributed by atoms with Gasteiger partial charge in [0.1, 0.15) is 0 Å². The monoisotopic (exact) mass is 271 g/mol. The lowest BCUT2D eigenvalue weighted by molar-refractivity contribution is -0.559. The molecule has 20 heavy (non-hydrogen) atoms. The van der Waals surface area contributed by atoms with Crippen molar-refractivity contribution in [2.75, 3.05) is 0 Å². The number of hydrogen-bond acceptors (Lipinski definition) is 2. The third-order valence-electron chi connectivity index (χ3n) is 8.66. The highest BCUT2D eigenvalue weighted by Crippen LogP contribution is 3.04. The Morgan fingerprint density at radius 2 is 1.35 bits per heavy atom. The van der Waals surface area contributed by atoms with E-state index in [1.54, 1.807) is 7.05 Å². The van der Waals surface area contributed by atoms with E-state index in [9.17, 15) is 9.59 Å². The van der Waals surface area contributed by atoms with Crippen LogP contribution in [0.1, 0.15) is 37.8 Å². The van der Waals surface area contributed by atoms with Gasteiger partial charge in [-0.3, -0.25) is 0 Å². The summed E-state index contributed by atoms with van der Waals surface area (Å²) in [6.07, 6.45) is 5.29. The highest BCUT2D eigenvalue weighted by atomic mass is 16.2. The minimum absolute atomic E-state index is 0.0641. The molecule has 8 atom stereocenters. The van der Waals surface area contributed by atoms with E-state index < -0.39 is 0 Å². The summed E-state index contributed by atoms with van der Waals surface area (Å²) in [5.74, 6) is 3.32. The van der Waals surface area contributed by atoms with Crippen LogP contribution >= 0.6 is 0 Å². The zero-order chi connectivity index (χ0) is 13.2. The van der Waals surface area contributed by atoms with Crippen LogP contribution in [0.15, 0.2) is 9.59 Å². The zero-order valence-corrected chi connectivity index (χ0v) is 11.5. The molecule has 104 valence electrons. The smallest absolute Gasteiger partial charge is 0.246 e. The molecule has 5 aliphatic carbocycles. The fourth-order valence-electron chi connectivity index (χ4n) is 8.64. The van der Waals surface area contributed by atoms with Crippen LogP contribution in [0.2, 0.25) is 0 Å². The number of hydrogen-bond donors (Lipinski definition) is 0. The average molecular weight is 271 g/mol. The number of aromatic nitrogens is 3. The molecule has 0 N–H and O–H groups in total. The Bertz CT molecular complexity index is 779. The SMILES string of the molecule is Cn1c(=O)n2n(c1=O)[C@@H]1[C@H]3[C@H]4[C@@H]5[C@H]3[C@]13CCCC[C@@]53[C@@H]42. The Balaban J connectivity index is 1.65. The van der Waals surface area contributed by atoms with Crippen LogP contribution in [-0.4, -0.2) is 13.9 Å². The van der Waals surface area contributed by atoms with Crippen molar-refractivity contribution in [1.29, 1.82) is 0 Å². The van der Waals surface area contributed by atoms with E-state index in [0.29, 0.717) is 22.9 Å². The van der Waals surface area contributed by atoms with E-state index >= 15 is 0 Å². The topological polar surface area (TPSA) is 48.9 Å². The predicted molar refractivity (Wildman–Crippen MR) is 69.3 cm³/mol. The summed E-state index contributed by atoms with van der Waals surface area (Å²) in [6.45, 7) is 0. The Labute approximate surface area is 115 Å². The van der Waals surface area contributed by atoms with E-state index in [-0.39, 0.29) is 11.4 Å². The first-order valence-electron chi connectivity index (χ1n) is 8.08. The molecule has 3 heterocycles. The summed E-state index contributed by atoms with van der Waals surface area (Å²) in [4.78, 5) is 25.0. The van der Waals surface area contributed by atoms with Crippen LogP contribution in [0.4, 0.5) is 0 Å². The summed E-state index contributed by atoms with van der Waals surface area (Å²) in [6, 6.07) is 0.739. The van der Waals surface area contributed by atoms with E-state index in [1.807, 2.05) is 9.36 Å². The minimum Gasteiger partial charge on any atom is -0.246 e. The van der Waals surface area contributed by atoms with Crippen molar-refractivity contribution >= 4 is 0 Å². The van der Waals surface area contributed by atoms with Gasteiger partial charge in [-0.2, -0.15) is 0 Å². The van der Waals surface area contributed by atoms with Crippen LogP contribution in [-0.2, 0) is 7.05 Å². The highest BCUT2D eigenvalue weighted by molar-refractivity contribution is 5.48. The van der Waals surface area contributed by atoms with E-state index in [1.165, 1.54) is 30.3 Å². The molecule has 7 aliphatic rings. The molecule has 5 fully saturated rings. The van der Waals surface area contributed by atoms with Crippen molar-refractivity contribution in [1.82, 2.24) is 13.9 Å².